The van der Waals surface area contributed by atoms with Crippen LogP contribution in [0.3, 0.4) is 0 Å². The lowest BCUT2D eigenvalue weighted by Gasteiger charge is -2.28. The van der Waals surface area contributed by atoms with E-state index in [9.17, 15) is 14.9 Å². The van der Waals surface area contributed by atoms with Crippen LogP contribution in [0.15, 0.2) is 84.3 Å². The van der Waals surface area contributed by atoms with Gasteiger partial charge in [0.15, 0.2) is 5.82 Å². The SMILES string of the molecule is CC1=C(C(=O)Nc2cccnc2)C(c2cccc(C)c2)n2nc(-c3ccc([N+](=O)[O-])cc3)nc2N1. The quantitative estimate of drug-likeness (QED) is 0.327. The van der Waals surface area contributed by atoms with E-state index in [2.05, 4.69) is 20.6 Å². The number of pyridine rings is 1. The van der Waals surface area contributed by atoms with Gasteiger partial charge in [-0.25, -0.2) is 4.68 Å². The molecule has 1 aliphatic rings. The number of aryl methyl sites for hydroxylation is 1. The van der Waals surface area contributed by atoms with Crippen molar-refractivity contribution in [3.63, 3.8) is 0 Å². The molecule has 0 spiro atoms. The molecule has 0 saturated heterocycles. The van der Waals surface area contributed by atoms with Crippen LogP contribution in [0.5, 0.6) is 0 Å². The number of amides is 1. The van der Waals surface area contributed by atoms with E-state index in [0.717, 1.165) is 11.1 Å². The highest BCUT2D eigenvalue weighted by Crippen LogP contribution is 2.37. The average molecular weight is 467 g/mol. The highest BCUT2D eigenvalue weighted by atomic mass is 16.6. The number of rotatable bonds is 5. The molecule has 3 heterocycles. The van der Waals surface area contributed by atoms with Crippen LogP contribution >= 0.6 is 0 Å². The largest absolute Gasteiger partial charge is 0.328 e. The monoisotopic (exact) mass is 467 g/mol. The molecule has 1 atom stereocenters. The third kappa shape index (κ3) is 4.24. The fourth-order valence-corrected chi connectivity index (χ4v) is 4.08. The van der Waals surface area contributed by atoms with E-state index in [4.69, 9.17) is 5.10 Å². The zero-order valence-electron chi connectivity index (χ0n) is 19.0. The van der Waals surface area contributed by atoms with E-state index in [1.54, 1.807) is 41.3 Å². The lowest BCUT2D eigenvalue weighted by Crippen LogP contribution is -2.31. The lowest BCUT2D eigenvalue weighted by atomic mass is 9.94. The maximum Gasteiger partial charge on any atom is 0.269 e. The number of carbonyl (C=O) groups excluding carboxylic acids is 1. The third-order valence-corrected chi connectivity index (χ3v) is 5.71. The number of nitrogens with one attached hydrogen (secondary N) is 2. The molecule has 0 radical (unpaired) electrons. The molecule has 174 valence electrons. The van der Waals surface area contributed by atoms with Gasteiger partial charge in [-0.2, -0.15) is 4.98 Å². The molecule has 0 fully saturated rings. The van der Waals surface area contributed by atoms with Crippen LogP contribution in [0.25, 0.3) is 11.4 Å². The Morgan fingerprint density at radius 3 is 2.60 bits per heavy atom. The Hall–Kier alpha value is -4.86. The van der Waals surface area contributed by atoms with Crippen molar-refractivity contribution in [1.82, 2.24) is 19.7 Å². The van der Waals surface area contributed by atoms with E-state index in [-0.39, 0.29) is 11.6 Å². The molecule has 0 saturated carbocycles. The minimum absolute atomic E-state index is 0.0136. The Balaban J connectivity index is 1.59. The van der Waals surface area contributed by atoms with E-state index in [0.29, 0.717) is 34.3 Å². The number of nitro benzene ring substituents is 1. The molecule has 5 rings (SSSR count). The number of hydrogen-bond donors (Lipinski definition) is 2. The molecule has 1 aliphatic heterocycles. The lowest BCUT2D eigenvalue weighted by molar-refractivity contribution is -0.384. The van der Waals surface area contributed by atoms with E-state index < -0.39 is 11.0 Å². The number of hydrogen-bond acceptors (Lipinski definition) is 7. The molecular weight excluding hydrogens is 446 g/mol. The van der Waals surface area contributed by atoms with Crippen molar-refractivity contribution in [3.8, 4) is 11.4 Å². The van der Waals surface area contributed by atoms with Crippen molar-refractivity contribution < 1.29 is 9.72 Å². The third-order valence-electron chi connectivity index (χ3n) is 5.71. The molecule has 4 aromatic rings. The van der Waals surface area contributed by atoms with Crippen molar-refractivity contribution in [3.05, 3.63) is 106 Å². The Labute approximate surface area is 200 Å². The van der Waals surface area contributed by atoms with Crippen molar-refractivity contribution in [1.29, 1.82) is 0 Å². The standard InChI is InChI=1S/C25H21N7O3/c1-15-5-3-6-18(13-15)22-21(24(33)28-19-7-4-12-26-14-19)16(2)27-25-29-23(30-31(22)25)17-8-10-20(11-9-17)32(34)35/h3-14,22H,1-2H3,(H,28,33)(H,27,29,30). The van der Waals surface area contributed by atoms with Gasteiger partial charge in [-0.1, -0.05) is 29.8 Å². The number of fused-ring (bicyclic) bond motifs is 1. The molecule has 2 aromatic heterocycles. The second-order valence-corrected chi connectivity index (χ2v) is 8.18. The molecule has 0 bridgehead atoms. The Kier molecular flexibility index (Phi) is 5.54. The summed E-state index contributed by atoms with van der Waals surface area (Å²) in [5.41, 5.74) is 4.25. The smallest absolute Gasteiger partial charge is 0.269 e. The Morgan fingerprint density at radius 1 is 1.11 bits per heavy atom. The summed E-state index contributed by atoms with van der Waals surface area (Å²) < 4.78 is 1.68. The minimum Gasteiger partial charge on any atom is -0.328 e. The van der Waals surface area contributed by atoms with Crippen LogP contribution in [0, 0.1) is 17.0 Å². The number of nitro groups is 1. The van der Waals surface area contributed by atoms with Crippen LogP contribution in [-0.4, -0.2) is 30.6 Å². The first-order chi connectivity index (χ1) is 16.9. The van der Waals surface area contributed by atoms with Crippen molar-refractivity contribution in [2.75, 3.05) is 10.6 Å². The molecule has 1 amide bonds. The topological polar surface area (TPSA) is 128 Å². The predicted molar refractivity (Wildman–Crippen MR) is 131 cm³/mol. The normalized spacial score (nSPS) is 14.7. The second kappa shape index (κ2) is 8.82. The molecule has 10 nitrogen and oxygen atoms in total. The highest BCUT2D eigenvalue weighted by molar-refractivity contribution is 6.05. The average Bonchev–Trinajstić information content (AvgIpc) is 3.27. The van der Waals surface area contributed by atoms with Gasteiger partial charge in [0.2, 0.25) is 5.95 Å². The summed E-state index contributed by atoms with van der Waals surface area (Å²) in [7, 11) is 0. The summed E-state index contributed by atoms with van der Waals surface area (Å²) in [6.45, 7) is 3.81. The van der Waals surface area contributed by atoms with Gasteiger partial charge >= 0.3 is 0 Å². The number of nitrogens with zero attached hydrogens (tertiary/aromatic N) is 5. The summed E-state index contributed by atoms with van der Waals surface area (Å²) in [4.78, 5) is 32.7. The predicted octanol–water partition coefficient (Wildman–Crippen LogP) is 4.48. The fraction of sp³-hybridized carbons (Fsp3) is 0.120. The molecule has 10 heteroatoms. The van der Waals surface area contributed by atoms with Crippen molar-refractivity contribution >= 4 is 23.2 Å². The molecule has 2 aromatic carbocycles. The molecule has 1 unspecified atom stereocenters. The second-order valence-electron chi connectivity index (χ2n) is 8.18. The van der Waals surface area contributed by atoms with Gasteiger partial charge in [-0.3, -0.25) is 19.9 Å². The Bertz CT molecular complexity index is 1460. The van der Waals surface area contributed by atoms with Crippen LogP contribution in [0.4, 0.5) is 17.3 Å². The fourth-order valence-electron chi connectivity index (χ4n) is 4.08. The van der Waals surface area contributed by atoms with Crippen molar-refractivity contribution in [2.24, 2.45) is 0 Å². The summed E-state index contributed by atoms with van der Waals surface area (Å²) >= 11 is 0. The Morgan fingerprint density at radius 2 is 1.91 bits per heavy atom. The van der Waals surface area contributed by atoms with Crippen LogP contribution in [0.1, 0.15) is 24.1 Å². The number of carbonyl (C=O) groups is 1. The van der Waals surface area contributed by atoms with Gasteiger partial charge in [-0.05, 0) is 43.7 Å². The number of allylic oxidation sites excluding steroid dienone is 1. The minimum atomic E-state index is -0.540. The van der Waals surface area contributed by atoms with E-state index in [1.807, 2.05) is 38.1 Å². The van der Waals surface area contributed by atoms with Gasteiger partial charge in [0.25, 0.3) is 11.6 Å². The summed E-state index contributed by atoms with van der Waals surface area (Å²) in [5.74, 6) is 0.578. The van der Waals surface area contributed by atoms with E-state index in [1.165, 1.54) is 12.1 Å². The summed E-state index contributed by atoms with van der Waals surface area (Å²) in [6, 6.07) is 16.9. The van der Waals surface area contributed by atoms with Gasteiger partial charge in [0, 0.05) is 29.6 Å². The number of benzene rings is 2. The number of non-ortho nitro benzene ring substituents is 1. The summed E-state index contributed by atoms with van der Waals surface area (Å²) in [5, 5.41) is 21.8. The molecular formula is C25H21N7O3. The maximum atomic E-state index is 13.5. The van der Waals surface area contributed by atoms with E-state index >= 15 is 0 Å². The summed E-state index contributed by atoms with van der Waals surface area (Å²) in [6.07, 6.45) is 3.22. The van der Waals surface area contributed by atoms with Crippen molar-refractivity contribution in [2.45, 2.75) is 19.9 Å². The molecule has 0 aliphatic carbocycles. The zero-order chi connectivity index (χ0) is 24.5. The van der Waals surface area contributed by atoms with Crippen LogP contribution < -0.4 is 10.6 Å². The van der Waals surface area contributed by atoms with Gasteiger partial charge in [-0.15, -0.1) is 5.10 Å². The first kappa shape index (κ1) is 22.0. The number of anilines is 2. The zero-order valence-corrected chi connectivity index (χ0v) is 19.0. The molecule has 35 heavy (non-hydrogen) atoms. The number of aromatic nitrogens is 4. The highest BCUT2D eigenvalue weighted by Gasteiger charge is 2.34. The first-order valence-electron chi connectivity index (χ1n) is 10.9. The maximum absolute atomic E-state index is 13.5. The van der Waals surface area contributed by atoms with Gasteiger partial charge < -0.3 is 10.6 Å². The molecule has 2 N–H and O–H groups in total. The van der Waals surface area contributed by atoms with Gasteiger partial charge in [0.05, 0.1) is 22.4 Å². The van der Waals surface area contributed by atoms with Gasteiger partial charge in [0.1, 0.15) is 6.04 Å². The van der Waals surface area contributed by atoms with Crippen LogP contribution in [0.2, 0.25) is 0 Å². The van der Waals surface area contributed by atoms with Crippen LogP contribution in [-0.2, 0) is 4.79 Å². The first-order valence-corrected chi connectivity index (χ1v) is 10.9.